The summed E-state index contributed by atoms with van der Waals surface area (Å²) < 4.78 is 6.12. The summed E-state index contributed by atoms with van der Waals surface area (Å²) in [5, 5.41) is 1.05. The molecule has 1 aliphatic heterocycles. The van der Waals surface area contributed by atoms with Crippen molar-refractivity contribution in [3.05, 3.63) is 35.4 Å². The molecule has 1 aromatic rings. The quantitative estimate of drug-likeness (QED) is 0.732. The lowest BCUT2D eigenvalue weighted by Gasteiger charge is -2.37. The topological polar surface area (TPSA) is 12.5 Å². The molecule has 1 aliphatic carbocycles. The van der Waals surface area contributed by atoms with E-state index >= 15 is 0 Å². The maximum Gasteiger partial charge on any atom is 0.0954 e. The molecule has 1 fully saturated rings. The molecule has 1 unspecified atom stereocenters. The molecular weight excluding hydrogens is 326 g/mol. The Bertz CT molecular complexity index is 445. The van der Waals surface area contributed by atoms with Gasteiger partial charge in [-0.05, 0) is 30.4 Å². The van der Waals surface area contributed by atoms with Crippen molar-refractivity contribution < 1.29 is 4.74 Å². The average Bonchev–Trinajstić information content (AvgIpc) is 2.55. The van der Waals surface area contributed by atoms with Gasteiger partial charge in [-0.1, -0.05) is 59.5 Å². The van der Waals surface area contributed by atoms with Gasteiger partial charge in [0.2, 0.25) is 0 Å². The third-order valence-electron chi connectivity index (χ3n) is 4.96. The predicted octanol–water partition coefficient (Wildman–Crippen LogP) is 4.33. The summed E-state index contributed by atoms with van der Waals surface area (Å²) in [7, 11) is 0. The Morgan fingerprint density at radius 2 is 1.95 bits per heavy atom. The zero-order valence-corrected chi connectivity index (χ0v) is 14.4. The van der Waals surface area contributed by atoms with Gasteiger partial charge in [-0.2, -0.15) is 0 Å². The van der Waals surface area contributed by atoms with Crippen molar-refractivity contribution in [1.29, 1.82) is 0 Å². The molecule has 0 amide bonds. The Kier molecular flexibility index (Phi) is 5.73. The number of ether oxygens (including phenoxy) is 1. The van der Waals surface area contributed by atoms with Crippen LogP contribution < -0.4 is 0 Å². The minimum absolute atomic E-state index is 0.260. The highest BCUT2D eigenvalue weighted by molar-refractivity contribution is 9.09. The maximum atomic E-state index is 6.12. The van der Waals surface area contributed by atoms with Crippen LogP contribution in [0.25, 0.3) is 0 Å². The molecule has 21 heavy (non-hydrogen) atoms. The first-order valence-corrected chi connectivity index (χ1v) is 9.50. The Morgan fingerprint density at radius 3 is 2.76 bits per heavy atom. The van der Waals surface area contributed by atoms with Crippen LogP contribution in [0.3, 0.4) is 0 Å². The summed E-state index contributed by atoms with van der Waals surface area (Å²) in [5.74, 6) is 0. The van der Waals surface area contributed by atoms with Crippen LogP contribution in [0.5, 0.6) is 0 Å². The van der Waals surface area contributed by atoms with E-state index in [1.54, 1.807) is 0 Å². The molecule has 1 heterocycles. The van der Waals surface area contributed by atoms with Gasteiger partial charge >= 0.3 is 0 Å². The molecule has 2 aliphatic rings. The average molecular weight is 352 g/mol. The standard InChI is InChI=1S/C18H26BrNO/c19-11-12-20(16-7-2-1-3-8-16)14-18-17-9-5-4-6-15(17)10-13-21-18/h4-6,9,16,18H,1-3,7-8,10-14H2. The monoisotopic (exact) mass is 351 g/mol. The number of rotatable bonds is 5. The number of hydrogen-bond acceptors (Lipinski definition) is 2. The van der Waals surface area contributed by atoms with Crippen LogP contribution in [-0.4, -0.2) is 36.0 Å². The number of nitrogens with zero attached hydrogens (tertiary/aromatic N) is 1. The van der Waals surface area contributed by atoms with E-state index in [4.69, 9.17) is 4.74 Å². The van der Waals surface area contributed by atoms with Crippen molar-refractivity contribution in [3.63, 3.8) is 0 Å². The van der Waals surface area contributed by atoms with Crippen LogP contribution in [0.2, 0.25) is 0 Å². The van der Waals surface area contributed by atoms with Gasteiger partial charge in [0.15, 0.2) is 0 Å². The van der Waals surface area contributed by atoms with E-state index in [2.05, 4.69) is 45.1 Å². The van der Waals surface area contributed by atoms with Crippen molar-refractivity contribution in [3.8, 4) is 0 Å². The summed E-state index contributed by atoms with van der Waals surface area (Å²) in [6.45, 7) is 3.05. The smallest absolute Gasteiger partial charge is 0.0954 e. The largest absolute Gasteiger partial charge is 0.372 e. The SMILES string of the molecule is BrCCN(CC1OCCc2ccccc21)C1CCCCC1. The third kappa shape index (κ3) is 3.88. The molecule has 1 aromatic carbocycles. The Balaban J connectivity index is 1.71. The van der Waals surface area contributed by atoms with Crippen LogP contribution in [0.4, 0.5) is 0 Å². The Labute approximate surface area is 137 Å². The molecule has 0 N–H and O–H groups in total. The molecule has 3 heteroatoms. The molecule has 0 spiro atoms. The van der Waals surface area contributed by atoms with Crippen LogP contribution in [-0.2, 0) is 11.2 Å². The minimum atomic E-state index is 0.260. The number of fused-ring (bicyclic) bond motifs is 1. The van der Waals surface area contributed by atoms with Crippen LogP contribution in [0.15, 0.2) is 24.3 Å². The van der Waals surface area contributed by atoms with Crippen LogP contribution >= 0.6 is 15.9 Å². The van der Waals surface area contributed by atoms with E-state index in [-0.39, 0.29) is 6.10 Å². The van der Waals surface area contributed by atoms with Crippen molar-refractivity contribution >= 4 is 15.9 Å². The molecule has 0 aromatic heterocycles. The van der Waals surface area contributed by atoms with Crippen molar-refractivity contribution in [2.24, 2.45) is 0 Å². The van der Waals surface area contributed by atoms with Crippen molar-refractivity contribution in [1.82, 2.24) is 4.90 Å². The minimum Gasteiger partial charge on any atom is -0.372 e. The highest BCUT2D eigenvalue weighted by Gasteiger charge is 2.27. The summed E-state index contributed by atoms with van der Waals surface area (Å²) in [4.78, 5) is 2.67. The van der Waals surface area contributed by atoms with E-state index < -0.39 is 0 Å². The fourth-order valence-electron chi connectivity index (χ4n) is 3.82. The zero-order chi connectivity index (χ0) is 14.5. The number of halogens is 1. The van der Waals surface area contributed by atoms with Crippen LogP contribution in [0, 0.1) is 0 Å². The predicted molar refractivity (Wildman–Crippen MR) is 91.1 cm³/mol. The molecular formula is C18H26BrNO. The third-order valence-corrected chi connectivity index (χ3v) is 5.31. The van der Waals surface area contributed by atoms with Gasteiger partial charge in [-0.25, -0.2) is 0 Å². The van der Waals surface area contributed by atoms with E-state index in [1.165, 1.54) is 43.2 Å². The molecule has 1 saturated carbocycles. The molecule has 116 valence electrons. The van der Waals surface area contributed by atoms with Crippen molar-refractivity contribution in [2.75, 3.05) is 25.0 Å². The van der Waals surface area contributed by atoms with Gasteiger partial charge in [0, 0.05) is 24.5 Å². The van der Waals surface area contributed by atoms with Gasteiger partial charge < -0.3 is 4.74 Å². The first kappa shape index (κ1) is 15.5. The van der Waals surface area contributed by atoms with Gasteiger partial charge in [0.25, 0.3) is 0 Å². The van der Waals surface area contributed by atoms with Gasteiger partial charge in [-0.15, -0.1) is 0 Å². The first-order valence-electron chi connectivity index (χ1n) is 8.38. The van der Waals surface area contributed by atoms with Crippen molar-refractivity contribution in [2.45, 2.75) is 50.7 Å². The molecule has 1 atom stereocenters. The molecule has 2 nitrogen and oxygen atoms in total. The number of hydrogen-bond donors (Lipinski definition) is 0. The van der Waals surface area contributed by atoms with E-state index in [9.17, 15) is 0 Å². The summed E-state index contributed by atoms with van der Waals surface area (Å²) >= 11 is 3.63. The number of benzene rings is 1. The second-order valence-electron chi connectivity index (χ2n) is 6.28. The molecule has 0 saturated heterocycles. The lowest BCUT2D eigenvalue weighted by atomic mass is 9.92. The molecule has 0 bridgehead atoms. The highest BCUT2D eigenvalue weighted by Crippen LogP contribution is 2.30. The van der Waals surface area contributed by atoms with E-state index in [1.807, 2.05) is 0 Å². The second-order valence-corrected chi connectivity index (χ2v) is 7.08. The molecule has 0 radical (unpaired) electrons. The van der Waals surface area contributed by atoms with E-state index in [0.29, 0.717) is 0 Å². The fraction of sp³-hybridized carbons (Fsp3) is 0.667. The highest BCUT2D eigenvalue weighted by atomic mass is 79.9. The summed E-state index contributed by atoms with van der Waals surface area (Å²) in [6, 6.07) is 9.58. The Morgan fingerprint density at radius 1 is 1.14 bits per heavy atom. The lowest BCUT2D eigenvalue weighted by Crippen LogP contribution is -2.41. The van der Waals surface area contributed by atoms with Gasteiger partial charge in [-0.3, -0.25) is 4.90 Å². The number of alkyl halides is 1. The summed E-state index contributed by atoms with van der Waals surface area (Å²) in [6.07, 6.45) is 8.26. The first-order chi connectivity index (χ1) is 10.4. The van der Waals surface area contributed by atoms with Gasteiger partial charge in [0.05, 0.1) is 12.7 Å². The lowest BCUT2D eigenvalue weighted by molar-refractivity contribution is 0.00335. The fourth-order valence-corrected chi connectivity index (χ4v) is 4.27. The second kappa shape index (κ2) is 7.75. The molecule has 3 rings (SSSR count). The zero-order valence-electron chi connectivity index (χ0n) is 12.8. The van der Waals surface area contributed by atoms with E-state index in [0.717, 1.165) is 37.5 Å². The summed E-state index contributed by atoms with van der Waals surface area (Å²) in [5.41, 5.74) is 2.90. The van der Waals surface area contributed by atoms with Crippen LogP contribution in [0.1, 0.15) is 49.3 Å². The Hall–Kier alpha value is -0.380. The maximum absolute atomic E-state index is 6.12. The van der Waals surface area contributed by atoms with Gasteiger partial charge in [0.1, 0.15) is 0 Å². The normalized spacial score (nSPS) is 23.2.